The number of anilines is 1. The Kier molecular flexibility index (Phi) is 5.44. The minimum Gasteiger partial charge on any atom is -0.496 e. The topological polar surface area (TPSA) is 81.5 Å². The molecule has 0 unspecified atom stereocenters. The van der Waals surface area contributed by atoms with Crippen LogP contribution in [-0.2, 0) is 10.2 Å². The number of carbonyl (C=O) groups is 1. The zero-order valence-electron chi connectivity index (χ0n) is 15.7. The summed E-state index contributed by atoms with van der Waals surface area (Å²) in [5.74, 6) is 0.719. The number of nitrogens with one attached hydrogen (secondary N) is 1. The van der Waals surface area contributed by atoms with E-state index in [4.69, 9.17) is 4.74 Å². The van der Waals surface area contributed by atoms with Gasteiger partial charge in [0.15, 0.2) is 0 Å². The van der Waals surface area contributed by atoms with E-state index in [2.05, 4.69) is 5.32 Å². The Hall–Kier alpha value is -2.89. The molecule has 1 fully saturated rings. The third kappa shape index (κ3) is 3.79. The Morgan fingerprint density at radius 3 is 2.33 bits per heavy atom. The van der Waals surface area contributed by atoms with Gasteiger partial charge in [0, 0.05) is 17.8 Å². The van der Waals surface area contributed by atoms with Gasteiger partial charge in [0.2, 0.25) is 5.91 Å². The van der Waals surface area contributed by atoms with Crippen LogP contribution in [0.15, 0.2) is 42.5 Å². The number of aryl methyl sites for hydroxylation is 1. The molecule has 1 aliphatic rings. The Balaban J connectivity index is 1.90. The fourth-order valence-electron chi connectivity index (χ4n) is 3.91. The van der Waals surface area contributed by atoms with Gasteiger partial charge in [-0.3, -0.25) is 14.9 Å². The molecule has 0 radical (unpaired) electrons. The van der Waals surface area contributed by atoms with Crippen molar-refractivity contribution >= 4 is 17.3 Å². The van der Waals surface area contributed by atoms with E-state index in [1.165, 1.54) is 12.1 Å². The van der Waals surface area contributed by atoms with E-state index in [1.807, 2.05) is 25.1 Å². The summed E-state index contributed by atoms with van der Waals surface area (Å²) in [5.41, 5.74) is 1.90. The van der Waals surface area contributed by atoms with Crippen LogP contribution in [0.4, 0.5) is 11.4 Å². The van der Waals surface area contributed by atoms with Crippen LogP contribution in [0.2, 0.25) is 0 Å². The second-order valence-corrected chi connectivity index (χ2v) is 7.09. The molecule has 1 amide bonds. The smallest absolute Gasteiger partial charge is 0.269 e. The Labute approximate surface area is 158 Å². The van der Waals surface area contributed by atoms with Crippen LogP contribution in [0.1, 0.15) is 43.2 Å². The number of ether oxygens (including phenoxy) is 1. The highest BCUT2D eigenvalue weighted by Crippen LogP contribution is 2.41. The number of carbonyl (C=O) groups excluding carboxylic acids is 1. The van der Waals surface area contributed by atoms with Crippen molar-refractivity contribution in [2.75, 3.05) is 12.4 Å². The average molecular weight is 368 g/mol. The number of nitro groups is 1. The highest BCUT2D eigenvalue weighted by molar-refractivity contribution is 5.99. The Bertz CT molecular complexity index is 840. The molecule has 0 spiro atoms. The fraction of sp³-hybridized carbons (Fsp3) is 0.381. The lowest BCUT2D eigenvalue weighted by Gasteiger charge is -2.36. The molecule has 1 N–H and O–H groups in total. The normalized spacial score (nSPS) is 15.8. The maximum Gasteiger partial charge on any atom is 0.269 e. The standard InChI is InChI=1S/C21H24N2O4/c1-15-14-17(8-11-19(15)27-2)22-20(24)21(12-4-3-5-13-21)16-6-9-18(10-7-16)23(25)26/h6-11,14H,3-5,12-13H2,1-2H3,(H,22,24). The first-order chi connectivity index (χ1) is 13.0. The van der Waals surface area contributed by atoms with Crippen molar-refractivity contribution < 1.29 is 14.5 Å². The van der Waals surface area contributed by atoms with Gasteiger partial charge in [0.25, 0.3) is 5.69 Å². The molecule has 1 aliphatic carbocycles. The third-order valence-electron chi connectivity index (χ3n) is 5.43. The molecule has 2 aromatic carbocycles. The highest BCUT2D eigenvalue weighted by atomic mass is 16.6. The summed E-state index contributed by atoms with van der Waals surface area (Å²) in [6, 6.07) is 12.0. The quantitative estimate of drug-likeness (QED) is 0.610. The van der Waals surface area contributed by atoms with Gasteiger partial charge in [-0.25, -0.2) is 0 Å². The van der Waals surface area contributed by atoms with Gasteiger partial charge in [-0.2, -0.15) is 0 Å². The molecule has 27 heavy (non-hydrogen) atoms. The summed E-state index contributed by atoms with van der Waals surface area (Å²) in [5, 5.41) is 14.0. The first-order valence-electron chi connectivity index (χ1n) is 9.17. The third-order valence-corrected chi connectivity index (χ3v) is 5.43. The molecule has 0 aliphatic heterocycles. The van der Waals surface area contributed by atoms with E-state index in [0.29, 0.717) is 0 Å². The molecule has 0 heterocycles. The largest absolute Gasteiger partial charge is 0.496 e. The summed E-state index contributed by atoms with van der Waals surface area (Å²) < 4.78 is 5.27. The zero-order chi connectivity index (χ0) is 19.4. The molecule has 0 atom stereocenters. The van der Waals surface area contributed by atoms with Crippen molar-refractivity contribution in [2.45, 2.75) is 44.4 Å². The lowest BCUT2D eigenvalue weighted by Crippen LogP contribution is -2.42. The summed E-state index contributed by atoms with van der Waals surface area (Å²) in [7, 11) is 1.62. The van der Waals surface area contributed by atoms with Crippen LogP contribution in [0.3, 0.4) is 0 Å². The number of nitro benzene ring substituents is 1. The van der Waals surface area contributed by atoms with Gasteiger partial charge in [-0.05, 0) is 49.1 Å². The number of nitrogens with zero attached hydrogens (tertiary/aromatic N) is 1. The zero-order valence-corrected chi connectivity index (χ0v) is 15.7. The molecule has 0 bridgehead atoms. The number of hydrogen-bond acceptors (Lipinski definition) is 4. The van der Waals surface area contributed by atoms with Gasteiger partial charge in [-0.1, -0.05) is 31.4 Å². The van der Waals surface area contributed by atoms with Crippen LogP contribution in [0.25, 0.3) is 0 Å². The number of hydrogen-bond donors (Lipinski definition) is 1. The predicted molar refractivity (Wildman–Crippen MR) is 104 cm³/mol. The van der Waals surface area contributed by atoms with Crippen LogP contribution in [-0.4, -0.2) is 17.9 Å². The van der Waals surface area contributed by atoms with Crippen molar-refractivity contribution in [3.05, 3.63) is 63.7 Å². The van der Waals surface area contributed by atoms with E-state index in [1.54, 1.807) is 19.2 Å². The Morgan fingerprint density at radius 1 is 1.11 bits per heavy atom. The van der Waals surface area contributed by atoms with E-state index in [0.717, 1.165) is 54.7 Å². The monoisotopic (exact) mass is 368 g/mol. The summed E-state index contributed by atoms with van der Waals surface area (Å²) in [6.45, 7) is 1.93. The van der Waals surface area contributed by atoms with Crippen LogP contribution >= 0.6 is 0 Å². The average Bonchev–Trinajstić information content (AvgIpc) is 2.68. The Morgan fingerprint density at radius 2 is 1.78 bits per heavy atom. The lowest BCUT2D eigenvalue weighted by atomic mass is 9.68. The van der Waals surface area contributed by atoms with Crippen molar-refractivity contribution in [2.24, 2.45) is 0 Å². The second-order valence-electron chi connectivity index (χ2n) is 7.09. The lowest BCUT2D eigenvalue weighted by molar-refractivity contribution is -0.384. The predicted octanol–water partition coefficient (Wildman–Crippen LogP) is 4.75. The maximum atomic E-state index is 13.3. The molecular formula is C21H24N2O4. The van der Waals surface area contributed by atoms with Crippen molar-refractivity contribution in [3.8, 4) is 5.75 Å². The number of benzene rings is 2. The number of rotatable bonds is 5. The first-order valence-corrected chi connectivity index (χ1v) is 9.17. The van der Waals surface area contributed by atoms with Crippen molar-refractivity contribution in [1.29, 1.82) is 0 Å². The fourth-order valence-corrected chi connectivity index (χ4v) is 3.91. The van der Waals surface area contributed by atoms with E-state index >= 15 is 0 Å². The van der Waals surface area contributed by atoms with Crippen molar-refractivity contribution in [3.63, 3.8) is 0 Å². The van der Waals surface area contributed by atoms with E-state index in [9.17, 15) is 14.9 Å². The summed E-state index contributed by atoms with van der Waals surface area (Å²) in [6.07, 6.45) is 4.51. The number of methoxy groups -OCH3 is 1. The molecule has 142 valence electrons. The van der Waals surface area contributed by atoms with Crippen LogP contribution in [0, 0.1) is 17.0 Å². The van der Waals surface area contributed by atoms with E-state index < -0.39 is 10.3 Å². The van der Waals surface area contributed by atoms with Gasteiger partial charge in [-0.15, -0.1) is 0 Å². The van der Waals surface area contributed by atoms with Gasteiger partial charge in [0.1, 0.15) is 5.75 Å². The summed E-state index contributed by atoms with van der Waals surface area (Å²) in [4.78, 5) is 23.8. The minimum absolute atomic E-state index is 0.0379. The molecule has 1 saturated carbocycles. The number of non-ortho nitro benzene ring substituents is 1. The van der Waals surface area contributed by atoms with Crippen LogP contribution < -0.4 is 10.1 Å². The van der Waals surface area contributed by atoms with Gasteiger partial charge in [0.05, 0.1) is 17.4 Å². The first kappa shape index (κ1) is 18.9. The second kappa shape index (κ2) is 7.78. The molecule has 6 nitrogen and oxygen atoms in total. The SMILES string of the molecule is COc1ccc(NC(=O)C2(c3ccc([N+](=O)[O-])cc3)CCCCC2)cc1C. The van der Waals surface area contributed by atoms with Crippen LogP contribution in [0.5, 0.6) is 5.75 Å². The maximum absolute atomic E-state index is 13.3. The molecule has 6 heteroatoms. The van der Waals surface area contributed by atoms with Gasteiger partial charge < -0.3 is 10.1 Å². The van der Waals surface area contributed by atoms with Gasteiger partial charge >= 0.3 is 0 Å². The molecule has 0 saturated heterocycles. The molecule has 0 aromatic heterocycles. The highest BCUT2D eigenvalue weighted by Gasteiger charge is 2.41. The number of amides is 1. The minimum atomic E-state index is -0.652. The molecule has 3 rings (SSSR count). The van der Waals surface area contributed by atoms with Crippen molar-refractivity contribution in [1.82, 2.24) is 0 Å². The molecular weight excluding hydrogens is 344 g/mol. The van der Waals surface area contributed by atoms with E-state index in [-0.39, 0.29) is 11.6 Å². The summed E-state index contributed by atoms with van der Waals surface area (Å²) >= 11 is 0. The molecule has 2 aromatic rings.